The number of ether oxygens (including phenoxy) is 1. The number of amides is 1. The van der Waals surface area contributed by atoms with Crippen molar-refractivity contribution in [3.8, 4) is 5.75 Å². The number of carbonyl (C=O) groups excluding carboxylic acids is 1. The van der Waals surface area contributed by atoms with Gasteiger partial charge in [-0.05, 0) is 25.5 Å². The molecule has 0 saturated heterocycles. The molecule has 0 saturated carbocycles. The largest absolute Gasteiger partial charge is 0.473 e. The molecule has 1 aliphatic heterocycles. The Hall–Kier alpha value is -1.71. The van der Waals surface area contributed by atoms with Crippen molar-refractivity contribution in [1.82, 2.24) is 0 Å². The average molecular weight is 220 g/mol. The minimum Gasteiger partial charge on any atom is -0.473 e. The summed E-state index contributed by atoms with van der Waals surface area (Å²) in [5.74, 6) is 0.477. The van der Waals surface area contributed by atoms with Gasteiger partial charge in [-0.25, -0.2) is 0 Å². The molecular weight excluding hydrogens is 204 g/mol. The second kappa shape index (κ2) is 3.70. The average Bonchev–Trinajstić information content (AvgIpc) is 2.22. The number of fused-ring (bicyclic) bond motifs is 1. The number of nitrogens with two attached hydrogens (primary N) is 1. The molecule has 0 spiro atoms. The van der Waals surface area contributed by atoms with Gasteiger partial charge in [0, 0.05) is 0 Å². The van der Waals surface area contributed by atoms with E-state index in [4.69, 9.17) is 10.5 Å². The molecule has 4 heteroatoms. The highest BCUT2D eigenvalue weighted by molar-refractivity contribution is 6.01. The van der Waals surface area contributed by atoms with Crippen LogP contribution in [0.1, 0.15) is 26.7 Å². The van der Waals surface area contributed by atoms with E-state index in [-0.39, 0.29) is 5.91 Å². The van der Waals surface area contributed by atoms with Gasteiger partial charge in [-0.15, -0.1) is 0 Å². The standard InChI is InChI=1S/C12H16N2O2/c1-3-7-12(2)11(15)14-9-6-4-5-8(13)10(9)16-12/h4-6H,3,7,13H2,1-2H3,(H,14,15). The molecule has 0 radical (unpaired) electrons. The summed E-state index contributed by atoms with van der Waals surface area (Å²) in [5, 5.41) is 2.83. The Kier molecular flexibility index (Phi) is 2.50. The minimum absolute atomic E-state index is 0.104. The Morgan fingerprint density at radius 3 is 2.94 bits per heavy atom. The van der Waals surface area contributed by atoms with Gasteiger partial charge in [0.25, 0.3) is 5.91 Å². The van der Waals surface area contributed by atoms with Crippen LogP contribution in [-0.2, 0) is 4.79 Å². The van der Waals surface area contributed by atoms with Crippen molar-refractivity contribution in [3.63, 3.8) is 0 Å². The molecule has 1 heterocycles. The maximum Gasteiger partial charge on any atom is 0.268 e. The van der Waals surface area contributed by atoms with Crippen molar-refractivity contribution in [1.29, 1.82) is 0 Å². The van der Waals surface area contributed by atoms with Gasteiger partial charge >= 0.3 is 0 Å². The number of carbonyl (C=O) groups is 1. The molecule has 1 aromatic carbocycles. The van der Waals surface area contributed by atoms with Crippen molar-refractivity contribution in [2.75, 3.05) is 11.1 Å². The first-order chi connectivity index (χ1) is 7.57. The van der Waals surface area contributed by atoms with Crippen LogP contribution in [0.25, 0.3) is 0 Å². The van der Waals surface area contributed by atoms with Gasteiger partial charge in [0.2, 0.25) is 0 Å². The molecule has 16 heavy (non-hydrogen) atoms. The van der Waals surface area contributed by atoms with Crippen LogP contribution in [0.4, 0.5) is 11.4 Å². The van der Waals surface area contributed by atoms with Crippen LogP contribution >= 0.6 is 0 Å². The van der Waals surface area contributed by atoms with E-state index >= 15 is 0 Å². The number of para-hydroxylation sites is 1. The molecule has 1 atom stereocenters. The van der Waals surface area contributed by atoms with Gasteiger partial charge in [-0.3, -0.25) is 4.79 Å². The normalized spacial score (nSPS) is 23.2. The van der Waals surface area contributed by atoms with E-state index in [0.717, 1.165) is 6.42 Å². The first-order valence-corrected chi connectivity index (χ1v) is 5.46. The first-order valence-electron chi connectivity index (χ1n) is 5.46. The number of nitrogen functional groups attached to an aromatic ring is 1. The molecule has 0 aromatic heterocycles. The van der Waals surface area contributed by atoms with Crippen molar-refractivity contribution in [2.24, 2.45) is 0 Å². The highest BCUT2D eigenvalue weighted by Crippen LogP contribution is 2.39. The summed E-state index contributed by atoms with van der Waals surface area (Å²) in [6.07, 6.45) is 1.55. The summed E-state index contributed by atoms with van der Waals surface area (Å²) in [5.41, 5.74) is 6.23. The summed E-state index contributed by atoms with van der Waals surface area (Å²) in [6.45, 7) is 3.81. The lowest BCUT2D eigenvalue weighted by Crippen LogP contribution is -2.48. The second-order valence-corrected chi connectivity index (χ2v) is 4.26. The molecule has 0 fully saturated rings. The number of nitrogens with one attached hydrogen (secondary N) is 1. The Bertz CT molecular complexity index is 431. The van der Waals surface area contributed by atoms with Gasteiger partial charge in [0.15, 0.2) is 11.4 Å². The van der Waals surface area contributed by atoms with E-state index in [1.165, 1.54) is 0 Å². The third kappa shape index (κ3) is 1.60. The number of rotatable bonds is 2. The molecule has 3 N–H and O–H groups in total. The molecule has 1 aromatic rings. The van der Waals surface area contributed by atoms with Crippen LogP contribution in [0, 0.1) is 0 Å². The maximum absolute atomic E-state index is 11.9. The second-order valence-electron chi connectivity index (χ2n) is 4.26. The van der Waals surface area contributed by atoms with E-state index in [1.807, 2.05) is 6.92 Å². The van der Waals surface area contributed by atoms with Crippen molar-refractivity contribution < 1.29 is 9.53 Å². The highest BCUT2D eigenvalue weighted by Gasteiger charge is 2.39. The fourth-order valence-electron chi connectivity index (χ4n) is 1.93. The summed E-state index contributed by atoms with van der Waals surface area (Å²) in [4.78, 5) is 11.9. The van der Waals surface area contributed by atoms with Gasteiger partial charge in [-0.2, -0.15) is 0 Å². The number of hydrogen-bond donors (Lipinski definition) is 2. The lowest BCUT2D eigenvalue weighted by atomic mass is 9.97. The Balaban J connectivity index is 2.40. The molecule has 86 valence electrons. The van der Waals surface area contributed by atoms with E-state index < -0.39 is 5.60 Å². The fraction of sp³-hybridized carbons (Fsp3) is 0.417. The molecule has 0 aliphatic carbocycles. The van der Waals surface area contributed by atoms with E-state index in [9.17, 15) is 4.79 Å². The Morgan fingerprint density at radius 1 is 1.50 bits per heavy atom. The van der Waals surface area contributed by atoms with Gasteiger partial charge in [0.1, 0.15) is 0 Å². The third-order valence-corrected chi connectivity index (χ3v) is 2.83. The minimum atomic E-state index is -0.808. The quantitative estimate of drug-likeness (QED) is 0.751. The highest BCUT2D eigenvalue weighted by atomic mass is 16.5. The zero-order chi connectivity index (χ0) is 11.8. The Labute approximate surface area is 94.8 Å². The molecule has 2 rings (SSSR count). The molecule has 4 nitrogen and oxygen atoms in total. The van der Waals surface area contributed by atoms with Crippen LogP contribution in [-0.4, -0.2) is 11.5 Å². The van der Waals surface area contributed by atoms with Gasteiger partial charge < -0.3 is 15.8 Å². The monoisotopic (exact) mass is 220 g/mol. The lowest BCUT2D eigenvalue weighted by Gasteiger charge is -2.35. The van der Waals surface area contributed by atoms with Crippen molar-refractivity contribution >= 4 is 17.3 Å². The molecular formula is C12H16N2O2. The predicted octanol–water partition coefficient (Wildman–Crippen LogP) is 2.16. The van der Waals surface area contributed by atoms with Crippen LogP contribution in [0.5, 0.6) is 5.75 Å². The number of hydrogen-bond acceptors (Lipinski definition) is 3. The van der Waals surface area contributed by atoms with Crippen molar-refractivity contribution in [2.45, 2.75) is 32.3 Å². The topological polar surface area (TPSA) is 64.3 Å². The zero-order valence-corrected chi connectivity index (χ0v) is 9.54. The van der Waals surface area contributed by atoms with Crippen LogP contribution in [0.3, 0.4) is 0 Å². The van der Waals surface area contributed by atoms with Crippen LogP contribution < -0.4 is 15.8 Å². The predicted molar refractivity (Wildman–Crippen MR) is 63.4 cm³/mol. The van der Waals surface area contributed by atoms with Gasteiger partial charge in [0.05, 0.1) is 11.4 Å². The SMILES string of the molecule is CCCC1(C)Oc2c(N)cccc2NC1=O. The molecule has 1 aliphatic rings. The fourth-order valence-corrected chi connectivity index (χ4v) is 1.93. The molecule has 0 bridgehead atoms. The van der Waals surface area contributed by atoms with Gasteiger partial charge in [-0.1, -0.05) is 19.4 Å². The van der Waals surface area contributed by atoms with Crippen LogP contribution in [0.15, 0.2) is 18.2 Å². The third-order valence-electron chi connectivity index (χ3n) is 2.83. The van der Waals surface area contributed by atoms with Crippen molar-refractivity contribution in [3.05, 3.63) is 18.2 Å². The summed E-state index contributed by atoms with van der Waals surface area (Å²) in [7, 11) is 0. The smallest absolute Gasteiger partial charge is 0.268 e. The van der Waals surface area contributed by atoms with E-state index in [2.05, 4.69) is 5.32 Å². The van der Waals surface area contributed by atoms with E-state index in [0.29, 0.717) is 23.5 Å². The molecule has 1 amide bonds. The Morgan fingerprint density at radius 2 is 2.25 bits per heavy atom. The summed E-state index contributed by atoms with van der Waals surface area (Å²) < 4.78 is 5.77. The molecule has 1 unspecified atom stereocenters. The lowest BCUT2D eigenvalue weighted by molar-refractivity contribution is -0.131. The number of anilines is 2. The zero-order valence-electron chi connectivity index (χ0n) is 9.54. The first kappa shape index (κ1) is 10.8. The number of benzene rings is 1. The summed E-state index contributed by atoms with van der Waals surface area (Å²) in [6, 6.07) is 5.35. The van der Waals surface area contributed by atoms with Crippen LogP contribution in [0.2, 0.25) is 0 Å². The maximum atomic E-state index is 11.9. The summed E-state index contributed by atoms with van der Waals surface area (Å²) >= 11 is 0. The van der Waals surface area contributed by atoms with E-state index in [1.54, 1.807) is 25.1 Å².